The van der Waals surface area contributed by atoms with Gasteiger partial charge >= 0.3 is 0 Å². The Labute approximate surface area is 183 Å². The van der Waals surface area contributed by atoms with Crippen LogP contribution in [0.4, 0.5) is 0 Å². The number of Topliss-reactive ketones (excluding diaryl/α,β-unsaturated/α-hetero) is 2. The lowest BCUT2D eigenvalue weighted by Gasteiger charge is -2.58. The molecule has 0 bridgehead atoms. The summed E-state index contributed by atoms with van der Waals surface area (Å²) in [6, 6.07) is 0. The molecule has 0 radical (unpaired) electrons. The standard InChI is InChI=1S/C25H32O6/c1-5-29-24(4)30-14-20(28)25(31-24)11-9-18-17-7-6-15-12-16(26)8-10-22(15,2)21(17)19(27)13-23(18,25)3/h8,10,12,17-18,21H,5-7,9,11,13-14H2,1-4H3/t17-,18+,21+,22-,23-,24+,25-/m0/s1. The fraction of sp³-hybridized carbons (Fsp3) is 0.720. The number of hydrogen-bond donors (Lipinski definition) is 0. The number of allylic oxidation sites excluding steroid dienone is 4. The van der Waals surface area contributed by atoms with Crippen molar-refractivity contribution in [3.05, 3.63) is 23.8 Å². The van der Waals surface area contributed by atoms with Gasteiger partial charge < -0.3 is 14.2 Å². The number of fused-ring (bicyclic) bond motifs is 6. The van der Waals surface area contributed by atoms with Crippen LogP contribution in [0.25, 0.3) is 0 Å². The van der Waals surface area contributed by atoms with Crippen molar-refractivity contribution in [2.75, 3.05) is 13.2 Å². The van der Waals surface area contributed by atoms with E-state index in [2.05, 4.69) is 13.8 Å². The third kappa shape index (κ3) is 2.71. The molecule has 0 N–H and O–H groups in total. The monoisotopic (exact) mass is 428 g/mol. The van der Waals surface area contributed by atoms with Crippen LogP contribution < -0.4 is 0 Å². The average molecular weight is 429 g/mol. The van der Waals surface area contributed by atoms with E-state index in [0.717, 1.165) is 24.8 Å². The molecule has 6 heteroatoms. The lowest BCUT2D eigenvalue weighted by atomic mass is 9.46. The molecule has 168 valence electrons. The van der Waals surface area contributed by atoms with Crippen LogP contribution >= 0.6 is 0 Å². The maximum Gasteiger partial charge on any atom is 0.281 e. The first kappa shape index (κ1) is 21.2. The van der Waals surface area contributed by atoms with Crippen molar-refractivity contribution in [3.8, 4) is 0 Å². The van der Waals surface area contributed by atoms with Crippen molar-refractivity contribution >= 4 is 17.3 Å². The summed E-state index contributed by atoms with van der Waals surface area (Å²) >= 11 is 0. The smallest absolute Gasteiger partial charge is 0.281 e. The van der Waals surface area contributed by atoms with E-state index in [1.54, 1.807) is 19.1 Å². The van der Waals surface area contributed by atoms with Crippen LogP contribution in [0.2, 0.25) is 0 Å². The largest absolute Gasteiger partial charge is 0.328 e. The third-order valence-corrected chi connectivity index (χ3v) is 9.06. The van der Waals surface area contributed by atoms with E-state index in [9.17, 15) is 14.4 Å². The molecule has 31 heavy (non-hydrogen) atoms. The predicted octanol–water partition coefficient (Wildman–Crippen LogP) is 3.54. The zero-order chi connectivity index (χ0) is 22.2. The number of ketones is 3. The van der Waals surface area contributed by atoms with E-state index >= 15 is 0 Å². The maximum atomic E-state index is 13.8. The van der Waals surface area contributed by atoms with Crippen molar-refractivity contribution in [2.24, 2.45) is 28.6 Å². The normalized spacial score (nSPS) is 49.0. The summed E-state index contributed by atoms with van der Waals surface area (Å²) in [7, 11) is 0. The van der Waals surface area contributed by atoms with Gasteiger partial charge in [-0.15, -0.1) is 0 Å². The van der Waals surface area contributed by atoms with Crippen molar-refractivity contribution in [1.82, 2.24) is 0 Å². The molecule has 1 saturated heterocycles. The summed E-state index contributed by atoms with van der Waals surface area (Å²) in [6.45, 7) is 8.11. The number of hydrogen-bond acceptors (Lipinski definition) is 6. The van der Waals surface area contributed by atoms with Gasteiger partial charge in [-0.25, -0.2) is 0 Å². The predicted molar refractivity (Wildman–Crippen MR) is 112 cm³/mol. The molecule has 0 amide bonds. The quantitative estimate of drug-likeness (QED) is 0.669. The van der Waals surface area contributed by atoms with Gasteiger partial charge in [-0.1, -0.05) is 25.5 Å². The van der Waals surface area contributed by atoms with Crippen LogP contribution in [0.15, 0.2) is 23.8 Å². The Morgan fingerprint density at radius 1 is 1.16 bits per heavy atom. The zero-order valence-corrected chi connectivity index (χ0v) is 18.9. The van der Waals surface area contributed by atoms with Crippen molar-refractivity contribution in [1.29, 1.82) is 0 Å². The molecule has 5 rings (SSSR count). The Balaban J connectivity index is 1.54. The molecule has 7 atom stereocenters. The lowest BCUT2D eigenvalue weighted by Crippen LogP contribution is -2.66. The van der Waals surface area contributed by atoms with Gasteiger partial charge in [0.15, 0.2) is 11.6 Å². The Morgan fingerprint density at radius 2 is 1.94 bits per heavy atom. The highest BCUT2D eigenvalue weighted by Crippen LogP contribution is 2.67. The second kappa shape index (κ2) is 6.69. The van der Waals surface area contributed by atoms with Gasteiger partial charge in [0.05, 0.1) is 0 Å². The molecule has 1 aliphatic heterocycles. The molecular weight excluding hydrogens is 396 g/mol. The first-order valence-electron chi connectivity index (χ1n) is 11.6. The van der Waals surface area contributed by atoms with Crippen molar-refractivity contribution < 1.29 is 28.6 Å². The van der Waals surface area contributed by atoms with Crippen LogP contribution in [-0.2, 0) is 28.6 Å². The Kier molecular flexibility index (Phi) is 4.58. The minimum Gasteiger partial charge on any atom is -0.328 e. The van der Waals surface area contributed by atoms with Gasteiger partial charge in [-0.05, 0) is 56.6 Å². The van der Waals surface area contributed by atoms with Crippen LogP contribution in [0.3, 0.4) is 0 Å². The molecule has 0 aromatic heterocycles. The molecule has 0 aromatic carbocycles. The molecule has 4 aliphatic carbocycles. The van der Waals surface area contributed by atoms with E-state index in [1.807, 2.05) is 13.0 Å². The SMILES string of the molecule is CCO[C@]1(C)OCC(=O)[C@]2(CC[C@@H]3[C@@H]4CCC5=CC(=O)C=C[C@]5(C)[C@H]4C(=O)C[C@@]32C)O1. The fourth-order valence-electron chi connectivity index (χ4n) is 7.69. The summed E-state index contributed by atoms with van der Waals surface area (Å²) in [5, 5.41) is 0. The van der Waals surface area contributed by atoms with Crippen molar-refractivity contribution in [2.45, 2.75) is 71.4 Å². The van der Waals surface area contributed by atoms with Crippen molar-refractivity contribution in [3.63, 3.8) is 0 Å². The highest BCUT2D eigenvalue weighted by molar-refractivity contribution is 6.02. The minimum absolute atomic E-state index is 0.00949. The summed E-state index contributed by atoms with van der Waals surface area (Å²) in [4.78, 5) is 39.0. The third-order valence-electron chi connectivity index (χ3n) is 9.06. The Hall–Kier alpha value is -1.63. The van der Waals surface area contributed by atoms with Gasteiger partial charge in [0, 0.05) is 36.7 Å². The highest BCUT2D eigenvalue weighted by atomic mass is 16.9. The molecule has 1 spiro atoms. The van der Waals surface area contributed by atoms with Crippen LogP contribution in [0, 0.1) is 28.6 Å². The van der Waals surface area contributed by atoms with E-state index in [1.165, 1.54) is 0 Å². The second-order valence-electron chi connectivity index (χ2n) is 10.5. The van der Waals surface area contributed by atoms with Gasteiger partial charge in [0.1, 0.15) is 18.0 Å². The molecule has 4 fully saturated rings. The first-order chi connectivity index (χ1) is 14.6. The Morgan fingerprint density at radius 3 is 2.68 bits per heavy atom. The molecule has 3 saturated carbocycles. The molecular formula is C25H32O6. The molecule has 0 aromatic rings. The van der Waals surface area contributed by atoms with Crippen LogP contribution in [0.5, 0.6) is 0 Å². The fourth-order valence-corrected chi connectivity index (χ4v) is 7.69. The first-order valence-corrected chi connectivity index (χ1v) is 11.6. The number of ether oxygens (including phenoxy) is 3. The van der Waals surface area contributed by atoms with Crippen LogP contribution in [-0.4, -0.2) is 42.1 Å². The molecule has 0 unspecified atom stereocenters. The maximum absolute atomic E-state index is 13.8. The number of rotatable bonds is 2. The van der Waals surface area contributed by atoms with E-state index < -0.39 is 22.4 Å². The van der Waals surface area contributed by atoms with Gasteiger partial charge in [0.2, 0.25) is 0 Å². The van der Waals surface area contributed by atoms with Crippen LogP contribution in [0.1, 0.15) is 59.8 Å². The second-order valence-corrected chi connectivity index (χ2v) is 10.5. The zero-order valence-electron chi connectivity index (χ0n) is 18.9. The van der Waals surface area contributed by atoms with E-state index in [4.69, 9.17) is 14.2 Å². The summed E-state index contributed by atoms with van der Waals surface area (Å²) < 4.78 is 17.8. The Bertz CT molecular complexity index is 919. The topological polar surface area (TPSA) is 78.9 Å². The molecule has 1 heterocycles. The summed E-state index contributed by atoms with van der Waals surface area (Å²) in [5.74, 6) is -0.949. The summed E-state index contributed by atoms with van der Waals surface area (Å²) in [6.07, 6.45) is 8.71. The summed E-state index contributed by atoms with van der Waals surface area (Å²) in [5.41, 5.74) is -0.981. The van der Waals surface area contributed by atoms with Gasteiger partial charge in [0.25, 0.3) is 5.97 Å². The van der Waals surface area contributed by atoms with Gasteiger partial charge in [-0.3, -0.25) is 14.4 Å². The minimum atomic E-state index is -1.28. The average Bonchev–Trinajstić information content (AvgIpc) is 2.98. The lowest BCUT2D eigenvalue weighted by molar-refractivity contribution is -0.419. The molecule has 6 nitrogen and oxygen atoms in total. The number of carbonyl (C=O) groups is 3. The molecule has 5 aliphatic rings. The van der Waals surface area contributed by atoms with E-state index in [0.29, 0.717) is 19.4 Å². The van der Waals surface area contributed by atoms with Gasteiger partial charge in [-0.2, -0.15) is 0 Å². The number of carbonyl (C=O) groups excluding carboxylic acids is 3. The highest BCUT2D eigenvalue weighted by Gasteiger charge is 2.71. The van der Waals surface area contributed by atoms with E-state index in [-0.39, 0.29) is 41.7 Å².